The predicted octanol–water partition coefficient (Wildman–Crippen LogP) is 3.37. The van der Waals surface area contributed by atoms with Crippen LogP contribution in [0.25, 0.3) is 0 Å². The van der Waals surface area contributed by atoms with Crippen LogP contribution in [0.3, 0.4) is 0 Å². The van der Waals surface area contributed by atoms with E-state index >= 15 is 0 Å². The van der Waals surface area contributed by atoms with Crippen molar-refractivity contribution in [3.05, 3.63) is 34.9 Å². The van der Waals surface area contributed by atoms with Crippen molar-refractivity contribution >= 4 is 23.5 Å². The molecule has 3 atom stereocenters. The minimum atomic E-state index is -0.245. The molecule has 1 aromatic rings. The normalized spacial score (nSPS) is 24.8. The van der Waals surface area contributed by atoms with E-state index in [0.29, 0.717) is 29.8 Å². The highest BCUT2D eigenvalue weighted by atomic mass is 35.5. The highest BCUT2D eigenvalue weighted by Gasteiger charge is 2.40. The summed E-state index contributed by atoms with van der Waals surface area (Å²) in [4.78, 5) is 23.6. The second-order valence-corrected chi connectivity index (χ2v) is 7.46. The van der Waals surface area contributed by atoms with Gasteiger partial charge in [-0.1, -0.05) is 30.2 Å². The molecule has 2 fully saturated rings. The number of rotatable bonds is 7. The zero-order chi connectivity index (χ0) is 16.9. The second-order valence-electron chi connectivity index (χ2n) is 7.03. The number of carbonyl (C=O) groups is 2. The quantitative estimate of drug-likeness (QED) is 0.768. The lowest BCUT2D eigenvalue weighted by atomic mass is 9.86. The third kappa shape index (κ3) is 4.73. The molecule has 5 heteroatoms. The van der Waals surface area contributed by atoms with Crippen LogP contribution in [0.2, 0.25) is 5.02 Å². The summed E-state index contributed by atoms with van der Waals surface area (Å²) in [5, 5.41) is 3.47. The average Bonchev–Trinajstić information content (AvgIpc) is 3.18. The van der Waals surface area contributed by atoms with Gasteiger partial charge in [-0.15, -0.1) is 0 Å². The van der Waals surface area contributed by atoms with Gasteiger partial charge < -0.3 is 10.1 Å². The van der Waals surface area contributed by atoms with Crippen LogP contribution in [0.4, 0.5) is 0 Å². The molecule has 24 heavy (non-hydrogen) atoms. The molecule has 2 saturated carbocycles. The molecular weight excluding hydrogens is 326 g/mol. The van der Waals surface area contributed by atoms with E-state index in [2.05, 4.69) is 5.32 Å². The lowest BCUT2D eigenvalue weighted by molar-refractivity contribution is -0.149. The first-order chi connectivity index (χ1) is 11.6. The number of halogens is 1. The number of amides is 1. The lowest BCUT2D eigenvalue weighted by Gasteiger charge is -2.20. The maximum atomic E-state index is 11.9. The van der Waals surface area contributed by atoms with Crippen molar-refractivity contribution in [1.82, 2.24) is 5.32 Å². The van der Waals surface area contributed by atoms with Crippen molar-refractivity contribution in [2.24, 2.45) is 17.8 Å². The van der Waals surface area contributed by atoms with Gasteiger partial charge in [0, 0.05) is 18.0 Å². The molecule has 1 N–H and O–H groups in total. The number of ether oxygens (including phenoxy) is 1. The van der Waals surface area contributed by atoms with Crippen LogP contribution in [0, 0.1) is 17.8 Å². The van der Waals surface area contributed by atoms with Crippen molar-refractivity contribution in [1.29, 1.82) is 0 Å². The van der Waals surface area contributed by atoms with Crippen molar-refractivity contribution < 1.29 is 14.3 Å². The molecule has 0 radical (unpaired) electrons. The van der Waals surface area contributed by atoms with E-state index in [1.807, 2.05) is 24.3 Å². The van der Waals surface area contributed by atoms with Crippen LogP contribution < -0.4 is 5.32 Å². The van der Waals surface area contributed by atoms with E-state index in [-0.39, 0.29) is 18.5 Å². The summed E-state index contributed by atoms with van der Waals surface area (Å²) in [7, 11) is 0. The summed E-state index contributed by atoms with van der Waals surface area (Å²) in [5.41, 5.74) is 1.10. The van der Waals surface area contributed by atoms with E-state index in [1.54, 1.807) is 0 Å². The van der Waals surface area contributed by atoms with E-state index in [0.717, 1.165) is 24.3 Å². The molecule has 130 valence electrons. The van der Waals surface area contributed by atoms with E-state index < -0.39 is 0 Å². The molecule has 1 amide bonds. The Morgan fingerprint density at radius 1 is 1.17 bits per heavy atom. The minimum Gasteiger partial charge on any atom is -0.456 e. The lowest BCUT2D eigenvalue weighted by Crippen LogP contribution is -2.31. The molecule has 3 rings (SSSR count). The third-order valence-electron chi connectivity index (χ3n) is 5.33. The van der Waals surface area contributed by atoms with Crippen LogP contribution in [-0.2, 0) is 20.7 Å². The van der Waals surface area contributed by atoms with Gasteiger partial charge in [0.1, 0.15) is 0 Å². The fraction of sp³-hybridized carbons (Fsp3) is 0.579. The van der Waals surface area contributed by atoms with E-state index in [9.17, 15) is 9.59 Å². The molecule has 4 nitrogen and oxygen atoms in total. The maximum Gasteiger partial charge on any atom is 0.306 e. The van der Waals surface area contributed by atoms with E-state index in [1.165, 1.54) is 19.3 Å². The Morgan fingerprint density at radius 3 is 2.62 bits per heavy atom. The molecule has 0 aromatic heterocycles. The molecule has 1 aromatic carbocycles. The van der Waals surface area contributed by atoms with Crippen molar-refractivity contribution in [3.8, 4) is 0 Å². The Hall–Kier alpha value is -1.55. The predicted molar refractivity (Wildman–Crippen MR) is 92.7 cm³/mol. The molecule has 2 bridgehead atoms. The molecule has 0 aliphatic heterocycles. The fourth-order valence-corrected chi connectivity index (χ4v) is 4.22. The monoisotopic (exact) mass is 349 g/mol. The van der Waals surface area contributed by atoms with Crippen LogP contribution >= 0.6 is 11.6 Å². The number of nitrogens with one attached hydrogen (secondary N) is 1. The summed E-state index contributed by atoms with van der Waals surface area (Å²) in [6, 6.07) is 7.53. The van der Waals surface area contributed by atoms with Gasteiger partial charge in [-0.05, 0) is 61.1 Å². The zero-order valence-electron chi connectivity index (χ0n) is 13.8. The Kier molecular flexibility index (Phi) is 5.77. The van der Waals surface area contributed by atoms with Gasteiger partial charge in [0.25, 0.3) is 5.91 Å². The van der Waals surface area contributed by atoms with Crippen molar-refractivity contribution in [2.75, 3.05) is 13.2 Å². The number of fused-ring (bicyclic) bond motifs is 2. The van der Waals surface area contributed by atoms with Gasteiger partial charge in [0.15, 0.2) is 6.61 Å². The van der Waals surface area contributed by atoms with Gasteiger partial charge in [-0.3, -0.25) is 9.59 Å². The maximum absolute atomic E-state index is 11.9. The Balaban J connectivity index is 1.29. The van der Waals surface area contributed by atoms with Crippen LogP contribution in [0.5, 0.6) is 0 Å². The number of benzene rings is 1. The highest BCUT2D eigenvalue weighted by molar-refractivity contribution is 6.30. The SMILES string of the molecule is O=C(COC(=O)C[C@@H]1C[C@H]2CC[C@@H]1C2)NCCc1ccc(Cl)cc1. The highest BCUT2D eigenvalue weighted by Crippen LogP contribution is 2.49. The molecule has 2 aliphatic rings. The molecule has 0 unspecified atom stereocenters. The molecular formula is C19H24ClNO3. The summed E-state index contributed by atoms with van der Waals surface area (Å²) < 4.78 is 5.12. The van der Waals surface area contributed by atoms with Crippen LogP contribution in [0.1, 0.15) is 37.7 Å². The van der Waals surface area contributed by atoms with Gasteiger partial charge in [-0.25, -0.2) is 0 Å². The molecule has 0 spiro atoms. The number of hydrogen-bond acceptors (Lipinski definition) is 3. The summed E-state index contributed by atoms with van der Waals surface area (Å²) in [6.45, 7) is 0.338. The number of hydrogen-bond donors (Lipinski definition) is 1. The summed E-state index contributed by atoms with van der Waals surface area (Å²) in [5.74, 6) is 1.52. The fourth-order valence-electron chi connectivity index (χ4n) is 4.09. The average molecular weight is 350 g/mol. The standard InChI is InChI=1S/C19H24ClNO3/c20-17-5-2-13(3-6-17)7-8-21-18(22)12-24-19(23)11-16-10-14-1-4-15(16)9-14/h2-3,5-6,14-16H,1,4,7-12H2,(H,21,22)/t14-,15+,16-/m0/s1. The topological polar surface area (TPSA) is 55.4 Å². The van der Waals surface area contributed by atoms with Gasteiger partial charge in [0.2, 0.25) is 0 Å². The number of esters is 1. The minimum absolute atomic E-state index is 0.180. The van der Waals surface area contributed by atoms with Crippen molar-refractivity contribution in [3.63, 3.8) is 0 Å². The van der Waals surface area contributed by atoms with Crippen LogP contribution in [-0.4, -0.2) is 25.0 Å². The Labute approximate surface area is 147 Å². The first-order valence-corrected chi connectivity index (χ1v) is 9.14. The number of carbonyl (C=O) groups excluding carboxylic acids is 2. The first kappa shape index (κ1) is 17.3. The van der Waals surface area contributed by atoms with E-state index in [4.69, 9.17) is 16.3 Å². The zero-order valence-corrected chi connectivity index (χ0v) is 14.6. The largest absolute Gasteiger partial charge is 0.456 e. The molecule has 0 heterocycles. The smallest absolute Gasteiger partial charge is 0.306 e. The summed E-state index contributed by atoms with van der Waals surface area (Å²) >= 11 is 5.83. The summed E-state index contributed by atoms with van der Waals surface area (Å²) in [6.07, 6.45) is 6.22. The van der Waals surface area contributed by atoms with Gasteiger partial charge in [0.05, 0.1) is 0 Å². The van der Waals surface area contributed by atoms with Gasteiger partial charge in [-0.2, -0.15) is 0 Å². The first-order valence-electron chi connectivity index (χ1n) is 8.77. The Bertz CT molecular complexity index is 587. The second kappa shape index (κ2) is 8.02. The van der Waals surface area contributed by atoms with Crippen molar-refractivity contribution in [2.45, 2.75) is 38.5 Å². The van der Waals surface area contributed by atoms with Gasteiger partial charge >= 0.3 is 5.97 Å². The molecule has 2 aliphatic carbocycles. The Morgan fingerprint density at radius 2 is 1.96 bits per heavy atom. The van der Waals surface area contributed by atoms with Crippen LogP contribution in [0.15, 0.2) is 24.3 Å². The molecule has 0 saturated heterocycles. The third-order valence-corrected chi connectivity index (χ3v) is 5.58.